The number of carbonyl (C=O) groups excluding carboxylic acids is 1. The summed E-state index contributed by atoms with van der Waals surface area (Å²) in [5.74, 6) is -1.56. The van der Waals surface area contributed by atoms with Gasteiger partial charge < -0.3 is 10.4 Å². The minimum atomic E-state index is -0.875. The first-order valence-corrected chi connectivity index (χ1v) is 7.19. The van der Waals surface area contributed by atoms with Crippen molar-refractivity contribution < 1.29 is 14.7 Å². The van der Waals surface area contributed by atoms with E-state index in [0.717, 1.165) is 12.8 Å². The number of carboxylic acids is 1. The van der Waals surface area contributed by atoms with Crippen molar-refractivity contribution in [3.63, 3.8) is 0 Å². The number of carboxylic acid groups (broad SMARTS) is 1. The van der Waals surface area contributed by atoms with Gasteiger partial charge in [0.05, 0.1) is 11.8 Å². The van der Waals surface area contributed by atoms with Gasteiger partial charge in [0.15, 0.2) is 0 Å². The van der Waals surface area contributed by atoms with Crippen LogP contribution in [0.1, 0.15) is 46.5 Å². The summed E-state index contributed by atoms with van der Waals surface area (Å²) >= 11 is 0. The molecule has 3 unspecified atom stereocenters. The third-order valence-corrected chi connectivity index (χ3v) is 4.21. The molecule has 4 nitrogen and oxygen atoms in total. The second kappa shape index (κ2) is 7.31. The number of nitrogens with one attached hydrogen (secondary N) is 1. The smallest absolute Gasteiger partial charge is 0.307 e. The van der Waals surface area contributed by atoms with Crippen LogP contribution < -0.4 is 5.32 Å². The fourth-order valence-electron chi connectivity index (χ4n) is 2.82. The van der Waals surface area contributed by atoms with Crippen molar-refractivity contribution in [2.75, 3.05) is 0 Å². The minimum Gasteiger partial charge on any atom is -0.481 e. The Kier molecular flexibility index (Phi) is 6.06. The number of hydrogen-bond donors (Lipinski definition) is 2. The number of allylic oxidation sites excluding steroid dienone is 2. The average molecular weight is 267 g/mol. The second-order valence-corrected chi connectivity index (χ2v) is 5.37. The Hall–Kier alpha value is -1.32. The molecule has 3 atom stereocenters. The molecule has 0 radical (unpaired) electrons. The Morgan fingerprint density at radius 2 is 1.74 bits per heavy atom. The predicted octanol–water partition coefficient (Wildman–Crippen LogP) is 2.59. The van der Waals surface area contributed by atoms with Gasteiger partial charge in [0, 0.05) is 6.04 Å². The van der Waals surface area contributed by atoms with Crippen LogP contribution in [-0.4, -0.2) is 23.0 Å². The molecule has 4 heteroatoms. The van der Waals surface area contributed by atoms with Gasteiger partial charge in [-0.2, -0.15) is 0 Å². The van der Waals surface area contributed by atoms with Crippen LogP contribution in [0.5, 0.6) is 0 Å². The summed E-state index contributed by atoms with van der Waals surface area (Å²) in [6.07, 6.45) is 6.78. The van der Waals surface area contributed by atoms with Crippen LogP contribution in [0.3, 0.4) is 0 Å². The molecule has 0 aromatic carbocycles. The van der Waals surface area contributed by atoms with Crippen molar-refractivity contribution in [3.05, 3.63) is 12.2 Å². The maximum Gasteiger partial charge on any atom is 0.307 e. The number of amides is 1. The third-order valence-electron chi connectivity index (χ3n) is 4.21. The molecule has 19 heavy (non-hydrogen) atoms. The lowest BCUT2D eigenvalue weighted by atomic mass is 9.82. The summed E-state index contributed by atoms with van der Waals surface area (Å²) < 4.78 is 0. The van der Waals surface area contributed by atoms with Gasteiger partial charge in [0.25, 0.3) is 0 Å². The number of aliphatic carboxylic acids is 1. The summed E-state index contributed by atoms with van der Waals surface area (Å²) in [4.78, 5) is 23.4. The predicted molar refractivity (Wildman–Crippen MR) is 74.7 cm³/mol. The zero-order chi connectivity index (χ0) is 14.4. The van der Waals surface area contributed by atoms with Gasteiger partial charge in [-0.1, -0.05) is 38.8 Å². The van der Waals surface area contributed by atoms with Crippen LogP contribution in [0.2, 0.25) is 0 Å². The van der Waals surface area contributed by atoms with Crippen LogP contribution >= 0.6 is 0 Å². The highest BCUT2D eigenvalue weighted by Crippen LogP contribution is 2.26. The maximum atomic E-state index is 12.3. The van der Waals surface area contributed by atoms with Crippen molar-refractivity contribution in [1.29, 1.82) is 0 Å². The molecule has 0 aromatic rings. The van der Waals surface area contributed by atoms with E-state index in [9.17, 15) is 14.7 Å². The third kappa shape index (κ3) is 4.08. The van der Waals surface area contributed by atoms with Crippen LogP contribution in [0.4, 0.5) is 0 Å². The van der Waals surface area contributed by atoms with Gasteiger partial charge in [0.1, 0.15) is 0 Å². The molecule has 0 bridgehead atoms. The first-order chi connectivity index (χ1) is 9.01. The zero-order valence-corrected chi connectivity index (χ0v) is 12.1. The van der Waals surface area contributed by atoms with Crippen molar-refractivity contribution in [2.24, 2.45) is 17.8 Å². The van der Waals surface area contributed by atoms with Crippen molar-refractivity contribution in [3.8, 4) is 0 Å². The summed E-state index contributed by atoms with van der Waals surface area (Å²) in [6, 6.07) is 0.0999. The standard InChI is InChI=1S/C15H25NO3/c1-4-11(5-2)10(3)16-14(17)12-8-6-7-9-13(12)15(18)19/h6-7,10-13H,4-5,8-9H2,1-3H3,(H,16,17)(H,18,19). The monoisotopic (exact) mass is 267 g/mol. The molecule has 0 saturated carbocycles. The molecule has 0 aromatic heterocycles. The number of carbonyl (C=O) groups is 2. The molecule has 2 N–H and O–H groups in total. The Morgan fingerprint density at radius 1 is 1.21 bits per heavy atom. The van der Waals surface area contributed by atoms with Crippen LogP contribution in [0.25, 0.3) is 0 Å². The first kappa shape index (κ1) is 15.7. The minimum absolute atomic E-state index is 0.0999. The lowest BCUT2D eigenvalue weighted by Gasteiger charge is -2.28. The SMILES string of the molecule is CCC(CC)C(C)NC(=O)C1CC=CCC1C(=O)O. The molecular weight excluding hydrogens is 242 g/mol. The lowest BCUT2D eigenvalue weighted by Crippen LogP contribution is -2.44. The fourth-order valence-corrected chi connectivity index (χ4v) is 2.82. The quantitative estimate of drug-likeness (QED) is 0.727. The molecular formula is C15H25NO3. The van der Waals surface area contributed by atoms with Gasteiger partial charge in [-0.15, -0.1) is 0 Å². The average Bonchev–Trinajstić information content (AvgIpc) is 2.40. The van der Waals surface area contributed by atoms with E-state index in [1.165, 1.54) is 0 Å². The highest BCUT2D eigenvalue weighted by molar-refractivity contribution is 5.85. The fraction of sp³-hybridized carbons (Fsp3) is 0.733. The zero-order valence-electron chi connectivity index (χ0n) is 12.1. The van der Waals surface area contributed by atoms with Crippen LogP contribution in [-0.2, 0) is 9.59 Å². The van der Waals surface area contributed by atoms with Crippen molar-refractivity contribution >= 4 is 11.9 Å². The summed E-state index contributed by atoms with van der Waals surface area (Å²) in [5.41, 5.74) is 0. The van der Waals surface area contributed by atoms with Gasteiger partial charge in [-0.3, -0.25) is 9.59 Å². The van der Waals surface area contributed by atoms with Crippen LogP contribution in [0, 0.1) is 17.8 Å². The Balaban J connectivity index is 2.65. The molecule has 0 heterocycles. The molecule has 0 aliphatic heterocycles. The van der Waals surface area contributed by atoms with Crippen molar-refractivity contribution in [1.82, 2.24) is 5.32 Å². The first-order valence-electron chi connectivity index (χ1n) is 7.19. The maximum absolute atomic E-state index is 12.3. The van der Waals surface area contributed by atoms with Crippen molar-refractivity contribution in [2.45, 2.75) is 52.5 Å². The van der Waals surface area contributed by atoms with E-state index in [2.05, 4.69) is 19.2 Å². The summed E-state index contributed by atoms with van der Waals surface area (Å²) in [7, 11) is 0. The Bertz CT molecular complexity index is 347. The van der Waals surface area contributed by atoms with E-state index in [1.54, 1.807) is 0 Å². The molecule has 1 rings (SSSR count). The topological polar surface area (TPSA) is 66.4 Å². The van der Waals surface area contributed by atoms with E-state index >= 15 is 0 Å². The molecule has 1 aliphatic rings. The summed E-state index contributed by atoms with van der Waals surface area (Å²) in [6.45, 7) is 6.23. The largest absolute Gasteiger partial charge is 0.481 e. The molecule has 1 aliphatic carbocycles. The van der Waals surface area contributed by atoms with E-state index in [0.29, 0.717) is 18.8 Å². The molecule has 1 amide bonds. The Morgan fingerprint density at radius 3 is 2.21 bits per heavy atom. The second-order valence-electron chi connectivity index (χ2n) is 5.37. The molecule has 0 saturated heterocycles. The van der Waals surface area contributed by atoms with Gasteiger partial charge >= 0.3 is 5.97 Å². The molecule has 0 spiro atoms. The van der Waals surface area contributed by atoms with E-state index in [1.807, 2.05) is 19.1 Å². The lowest BCUT2D eigenvalue weighted by molar-refractivity contribution is -0.147. The molecule has 0 fully saturated rings. The van der Waals surface area contributed by atoms with Gasteiger partial charge in [-0.25, -0.2) is 0 Å². The van der Waals surface area contributed by atoms with E-state index in [4.69, 9.17) is 0 Å². The van der Waals surface area contributed by atoms with Crippen LogP contribution in [0.15, 0.2) is 12.2 Å². The number of hydrogen-bond acceptors (Lipinski definition) is 2. The highest BCUT2D eigenvalue weighted by atomic mass is 16.4. The van der Waals surface area contributed by atoms with Gasteiger partial charge in [0.2, 0.25) is 5.91 Å². The molecule has 108 valence electrons. The van der Waals surface area contributed by atoms with E-state index in [-0.39, 0.29) is 11.9 Å². The van der Waals surface area contributed by atoms with E-state index < -0.39 is 17.8 Å². The highest BCUT2D eigenvalue weighted by Gasteiger charge is 2.34. The van der Waals surface area contributed by atoms with Gasteiger partial charge in [-0.05, 0) is 25.7 Å². The normalized spacial score (nSPS) is 24.2. The summed E-state index contributed by atoms with van der Waals surface area (Å²) in [5, 5.41) is 12.2. The Labute approximate surface area is 115 Å². The number of rotatable bonds is 6.